The molecule has 2 nitrogen and oxygen atoms in total. The molecule has 1 heterocycles. The van der Waals surface area contributed by atoms with Gasteiger partial charge < -0.3 is 5.73 Å². The van der Waals surface area contributed by atoms with Gasteiger partial charge in [0.15, 0.2) is 0 Å². The zero-order valence-corrected chi connectivity index (χ0v) is 7.62. The summed E-state index contributed by atoms with van der Waals surface area (Å²) < 4.78 is 0. The Morgan fingerprint density at radius 2 is 1.92 bits per heavy atom. The number of nitrogens with two attached hydrogens (primary N) is 1. The van der Waals surface area contributed by atoms with Crippen LogP contribution in [-0.4, -0.2) is 4.98 Å². The van der Waals surface area contributed by atoms with E-state index in [1.807, 2.05) is 18.3 Å². The second-order valence-corrected chi connectivity index (χ2v) is 3.14. The lowest BCUT2D eigenvalue weighted by molar-refractivity contribution is 1.00. The Balaban J connectivity index is 2.84. The number of pyridine rings is 1. The number of aryl methyl sites for hydroxylation is 1. The molecule has 0 atom stereocenters. The van der Waals surface area contributed by atoms with E-state index in [1.165, 1.54) is 16.3 Å². The highest BCUT2D eigenvalue weighted by molar-refractivity contribution is 5.87. The van der Waals surface area contributed by atoms with Gasteiger partial charge in [0.1, 0.15) is 0 Å². The average molecular weight is 172 g/mol. The van der Waals surface area contributed by atoms with E-state index < -0.39 is 0 Å². The molecule has 2 N–H and O–H groups in total. The SMILES string of the molecule is Cc1cnc(CN)c2ccccc12. The highest BCUT2D eigenvalue weighted by atomic mass is 14.7. The first-order valence-corrected chi connectivity index (χ1v) is 4.36. The Kier molecular flexibility index (Phi) is 1.99. The molecule has 2 aromatic rings. The summed E-state index contributed by atoms with van der Waals surface area (Å²) in [5, 5.41) is 2.42. The van der Waals surface area contributed by atoms with E-state index in [-0.39, 0.29) is 0 Å². The highest BCUT2D eigenvalue weighted by Crippen LogP contribution is 2.19. The van der Waals surface area contributed by atoms with Crippen LogP contribution in [0.1, 0.15) is 11.3 Å². The van der Waals surface area contributed by atoms with Crippen molar-refractivity contribution >= 4 is 10.8 Å². The van der Waals surface area contributed by atoms with Crippen molar-refractivity contribution in [2.24, 2.45) is 5.73 Å². The Hall–Kier alpha value is -1.41. The lowest BCUT2D eigenvalue weighted by atomic mass is 10.1. The Morgan fingerprint density at radius 1 is 1.23 bits per heavy atom. The number of benzene rings is 1. The number of hydrogen-bond acceptors (Lipinski definition) is 2. The monoisotopic (exact) mass is 172 g/mol. The minimum Gasteiger partial charge on any atom is -0.325 e. The van der Waals surface area contributed by atoms with E-state index in [1.54, 1.807) is 0 Å². The summed E-state index contributed by atoms with van der Waals surface area (Å²) >= 11 is 0. The van der Waals surface area contributed by atoms with E-state index in [2.05, 4.69) is 24.0 Å². The predicted octanol–water partition coefficient (Wildman–Crippen LogP) is 2.00. The molecule has 13 heavy (non-hydrogen) atoms. The molecule has 0 aliphatic carbocycles. The fourth-order valence-corrected chi connectivity index (χ4v) is 1.56. The highest BCUT2D eigenvalue weighted by Gasteiger charge is 2.01. The van der Waals surface area contributed by atoms with Gasteiger partial charge in [0.25, 0.3) is 0 Å². The van der Waals surface area contributed by atoms with Crippen molar-refractivity contribution in [3.8, 4) is 0 Å². The number of nitrogens with zero attached hydrogens (tertiary/aromatic N) is 1. The maximum atomic E-state index is 5.60. The van der Waals surface area contributed by atoms with Crippen LogP contribution in [-0.2, 0) is 6.54 Å². The fraction of sp³-hybridized carbons (Fsp3) is 0.182. The molecular formula is C11H12N2. The van der Waals surface area contributed by atoms with Crippen molar-refractivity contribution in [2.45, 2.75) is 13.5 Å². The molecule has 0 aliphatic rings. The number of hydrogen-bond donors (Lipinski definition) is 1. The second kappa shape index (κ2) is 3.15. The van der Waals surface area contributed by atoms with Crippen LogP contribution < -0.4 is 5.73 Å². The fourth-order valence-electron chi connectivity index (χ4n) is 1.56. The molecule has 0 saturated heterocycles. The first-order chi connectivity index (χ1) is 6.33. The van der Waals surface area contributed by atoms with E-state index in [0.717, 1.165) is 5.69 Å². The Labute approximate surface area is 77.4 Å². The molecule has 0 radical (unpaired) electrons. The summed E-state index contributed by atoms with van der Waals surface area (Å²) in [7, 11) is 0. The van der Waals surface area contributed by atoms with Crippen LogP contribution in [0.15, 0.2) is 30.5 Å². The van der Waals surface area contributed by atoms with Gasteiger partial charge in [0.05, 0.1) is 5.69 Å². The summed E-state index contributed by atoms with van der Waals surface area (Å²) in [5.74, 6) is 0. The molecule has 0 bridgehead atoms. The molecule has 2 heteroatoms. The molecule has 0 fully saturated rings. The topological polar surface area (TPSA) is 38.9 Å². The molecular weight excluding hydrogens is 160 g/mol. The van der Waals surface area contributed by atoms with Crippen molar-refractivity contribution in [3.05, 3.63) is 41.7 Å². The summed E-state index contributed by atoms with van der Waals surface area (Å²) in [6.07, 6.45) is 1.88. The molecule has 0 amide bonds. The van der Waals surface area contributed by atoms with Crippen LogP contribution in [0, 0.1) is 6.92 Å². The van der Waals surface area contributed by atoms with Gasteiger partial charge in [-0.15, -0.1) is 0 Å². The molecule has 0 aliphatic heterocycles. The van der Waals surface area contributed by atoms with Crippen LogP contribution in [0.25, 0.3) is 10.8 Å². The predicted molar refractivity (Wildman–Crippen MR) is 54.4 cm³/mol. The van der Waals surface area contributed by atoms with Crippen molar-refractivity contribution < 1.29 is 0 Å². The number of rotatable bonds is 1. The van der Waals surface area contributed by atoms with Gasteiger partial charge in [0.2, 0.25) is 0 Å². The maximum Gasteiger partial charge on any atom is 0.0617 e. The largest absolute Gasteiger partial charge is 0.325 e. The molecule has 0 unspecified atom stereocenters. The van der Waals surface area contributed by atoms with Gasteiger partial charge in [-0.05, 0) is 17.9 Å². The molecule has 1 aromatic heterocycles. The normalized spacial score (nSPS) is 10.6. The quantitative estimate of drug-likeness (QED) is 0.714. The average Bonchev–Trinajstić information content (AvgIpc) is 2.19. The Bertz CT molecular complexity index is 435. The van der Waals surface area contributed by atoms with Crippen molar-refractivity contribution in [1.82, 2.24) is 4.98 Å². The van der Waals surface area contributed by atoms with Crippen LogP contribution in [0.2, 0.25) is 0 Å². The van der Waals surface area contributed by atoms with E-state index in [4.69, 9.17) is 5.73 Å². The summed E-state index contributed by atoms with van der Waals surface area (Å²) in [6.45, 7) is 2.57. The third kappa shape index (κ3) is 1.29. The van der Waals surface area contributed by atoms with Crippen LogP contribution in [0.5, 0.6) is 0 Å². The van der Waals surface area contributed by atoms with Crippen molar-refractivity contribution in [2.75, 3.05) is 0 Å². The maximum absolute atomic E-state index is 5.60. The minimum absolute atomic E-state index is 0.501. The summed E-state index contributed by atoms with van der Waals surface area (Å²) in [5.41, 5.74) is 7.78. The van der Waals surface area contributed by atoms with E-state index in [9.17, 15) is 0 Å². The molecule has 0 spiro atoms. The van der Waals surface area contributed by atoms with E-state index in [0.29, 0.717) is 6.54 Å². The van der Waals surface area contributed by atoms with Gasteiger partial charge in [0, 0.05) is 18.1 Å². The smallest absolute Gasteiger partial charge is 0.0617 e. The first-order valence-electron chi connectivity index (χ1n) is 4.36. The van der Waals surface area contributed by atoms with Gasteiger partial charge >= 0.3 is 0 Å². The van der Waals surface area contributed by atoms with Crippen molar-refractivity contribution in [3.63, 3.8) is 0 Å². The molecule has 1 aromatic carbocycles. The second-order valence-electron chi connectivity index (χ2n) is 3.14. The van der Waals surface area contributed by atoms with Crippen LogP contribution in [0.3, 0.4) is 0 Å². The van der Waals surface area contributed by atoms with Crippen molar-refractivity contribution in [1.29, 1.82) is 0 Å². The van der Waals surface area contributed by atoms with Crippen LogP contribution >= 0.6 is 0 Å². The van der Waals surface area contributed by atoms with E-state index >= 15 is 0 Å². The lowest BCUT2D eigenvalue weighted by Gasteiger charge is -2.05. The molecule has 66 valence electrons. The van der Waals surface area contributed by atoms with Gasteiger partial charge in [-0.25, -0.2) is 0 Å². The lowest BCUT2D eigenvalue weighted by Crippen LogP contribution is -2.00. The molecule has 0 saturated carbocycles. The Morgan fingerprint density at radius 3 is 2.62 bits per heavy atom. The standard InChI is InChI=1S/C11H12N2/c1-8-7-13-11(6-12)10-5-3-2-4-9(8)10/h2-5,7H,6,12H2,1H3. The summed E-state index contributed by atoms with van der Waals surface area (Å²) in [6, 6.07) is 8.22. The zero-order chi connectivity index (χ0) is 9.26. The first kappa shape index (κ1) is 8.20. The van der Waals surface area contributed by atoms with Crippen LogP contribution in [0.4, 0.5) is 0 Å². The third-order valence-electron chi connectivity index (χ3n) is 2.27. The number of aromatic nitrogens is 1. The number of fused-ring (bicyclic) bond motifs is 1. The van der Waals surface area contributed by atoms with Gasteiger partial charge in [-0.1, -0.05) is 24.3 Å². The summed E-state index contributed by atoms with van der Waals surface area (Å²) in [4.78, 5) is 4.30. The third-order valence-corrected chi connectivity index (χ3v) is 2.27. The van der Waals surface area contributed by atoms with Gasteiger partial charge in [-0.2, -0.15) is 0 Å². The molecule has 2 rings (SSSR count). The van der Waals surface area contributed by atoms with Gasteiger partial charge in [-0.3, -0.25) is 4.98 Å². The minimum atomic E-state index is 0.501. The zero-order valence-electron chi connectivity index (χ0n) is 7.62.